The smallest absolute Gasteiger partial charge is 0.344 e. The average Bonchev–Trinajstić information content (AvgIpc) is 2.65. The van der Waals surface area contributed by atoms with Crippen molar-refractivity contribution < 1.29 is 28.7 Å². The van der Waals surface area contributed by atoms with E-state index in [9.17, 15) is 14.9 Å². The van der Waals surface area contributed by atoms with Gasteiger partial charge in [0.05, 0.1) is 11.5 Å². The zero-order valence-corrected chi connectivity index (χ0v) is 14.3. The van der Waals surface area contributed by atoms with Crippen LogP contribution in [0.2, 0.25) is 0 Å². The molecule has 0 heterocycles. The third kappa shape index (κ3) is 5.97. The number of carbonyl (C=O) groups excluding carboxylic acids is 1. The summed E-state index contributed by atoms with van der Waals surface area (Å²) in [5.74, 6) is 0.748. The van der Waals surface area contributed by atoms with Gasteiger partial charge in [-0.3, -0.25) is 10.1 Å². The van der Waals surface area contributed by atoms with Gasteiger partial charge in [0.25, 0.3) is 0 Å². The molecule has 0 saturated heterocycles. The van der Waals surface area contributed by atoms with Crippen molar-refractivity contribution in [2.75, 3.05) is 26.4 Å². The van der Waals surface area contributed by atoms with E-state index in [1.54, 1.807) is 30.3 Å². The van der Waals surface area contributed by atoms with Crippen molar-refractivity contribution in [1.29, 1.82) is 0 Å². The van der Waals surface area contributed by atoms with Gasteiger partial charge in [-0.25, -0.2) is 4.79 Å². The predicted octanol–water partition coefficient (Wildman–Crippen LogP) is 2.99. The topological polar surface area (TPSA) is 97.1 Å². The lowest BCUT2D eigenvalue weighted by Gasteiger charge is -2.09. The van der Waals surface area contributed by atoms with Gasteiger partial charge in [0.2, 0.25) is 0 Å². The van der Waals surface area contributed by atoms with Crippen LogP contribution in [0.25, 0.3) is 0 Å². The number of esters is 1. The van der Waals surface area contributed by atoms with Crippen LogP contribution in [-0.4, -0.2) is 37.3 Å². The Morgan fingerprint density at radius 3 is 2.27 bits per heavy atom. The van der Waals surface area contributed by atoms with Gasteiger partial charge in [0.15, 0.2) is 12.4 Å². The number of nitro groups is 1. The Labute approximate surface area is 150 Å². The standard InChI is InChI=1S/C18H19NO7/c1-2-23-14-7-9-15(10-8-14)24-11-12-25-18(20)13-26-17-6-4-3-5-16(17)19(21)22/h3-10H,2,11-13H2,1H3. The van der Waals surface area contributed by atoms with Gasteiger partial charge in [-0.05, 0) is 37.3 Å². The molecular formula is C18H19NO7. The fraction of sp³-hybridized carbons (Fsp3) is 0.278. The van der Waals surface area contributed by atoms with Crippen molar-refractivity contribution in [3.8, 4) is 17.2 Å². The monoisotopic (exact) mass is 361 g/mol. The molecule has 0 amide bonds. The molecule has 138 valence electrons. The minimum absolute atomic E-state index is 0.0140. The number of benzene rings is 2. The fourth-order valence-electron chi connectivity index (χ4n) is 2.02. The Kier molecular flexibility index (Phi) is 7.23. The first-order valence-electron chi connectivity index (χ1n) is 7.97. The SMILES string of the molecule is CCOc1ccc(OCCOC(=O)COc2ccccc2[N+](=O)[O-])cc1. The fourth-order valence-corrected chi connectivity index (χ4v) is 2.02. The number of carbonyl (C=O) groups is 1. The minimum atomic E-state index is -0.640. The Morgan fingerprint density at radius 2 is 1.62 bits per heavy atom. The van der Waals surface area contributed by atoms with E-state index in [0.717, 1.165) is 5.75 Å². The van der Waals surface area contributed by atoms with Crippen molar-refractivity contribution in [2.45, 2.75) is 6.92 Å². The molecule has 0 unspecified atom stereocenters. The Morgan fingerprint density at radius 1 is 0.962 bits per heavy atom. The Balaban J connectivity index is 1.68. The van der Waals surface area contributed by atoms with Gasteiger partial charge < -0.3 is 18.9 Å². The molecule has 0 aliphatic heterocycles. The van der Waals surface area contributed by atoms with Crippen LogP contribution in [0.15, 0.2) is 48.5 Å². The third-order valence-corrected chi connectivity index (χ3v) is 3.16. The molecule has 0 aliphatic carbocycles. The number of nitro benzene ring substituents is 1. The van der Waals surface area contributed by atoms with Crippen molar-refractivity contribution in [3.63, 3.8) is 0 Å². The van der Waals surface area contributed by atoms with Crippen molar-refractivity contribution >= 4 is 11.7 Å². The highest BCUT2D eigenvalue weighted by atomic mass is 16.6. The van der Waals surface area contributed by atoms with Crippen LogP contribution in [0.5, 0.6) is 17.2 Å². The summed E-state index contributed by atoms with van der Waals surface area (Å²) in [7, 11) is 0. The van der Waals surface area contributed by atoms with Crippen LogP contribution in [0.1, 0.15) is 6.92 Å². The summed E-state index contributed by atoms with van der Waals surface area (Å²) >= 11 is 0. The van der Waals surface area contributed by atoms with Crippen LogP contribution < -0.4 is 14.2 Å². The normalized spacial score (nSPS) is 10.0. The molecular weight excluding hydrogens is 342 g/mol. The molecule has 2 rings (SSSR count). The molecule has 0 aromatic heterocycles. The molecule has 0 saturated carbocycles. The molecule has 8 nitrogen and oxygen atoms in total. The zero-order chi connectivity index (χ0) is 18.8. The maximum absolute atomic E-state index is 11.6. The molecule has 0 fully saturated rings. The lowest BCUT2D eigenvalue weighted by Crippen LogP contribution is -2.18. The van der Waals surface area contributed by atoms with E-state index in [4.69, 9.17) is 18.9 Å². The molecule has 0 N–H and O–H groups in total. The highest BCUT2D eigenvalue weighted by molar-refractivity contribution is 5.71. The highest BCUT2D eigenvalue weighted by Crippen LogP contribution is 2.25. The number of ether oxygens (including phenoxy) is 4. The van der Waals surface area contributed by atoms with Crippen molar-refractivity contribution in [3.05, 3.63) is 58.6 Å². The number of para-hydroxylation sites is 2. The van der Waals surface area contributed by atoms with Crippen LogP contribution in [0.3, 0.4) is 0 Å². The lowest BCUT2D eigenvalue weighted by atomic mass is 10.3. The van der Waals surface area contributed by atoms with E-state index >= 15 is 0 Å². The molecule has 0 bridgehead atoms. The summed E-state index contributed by atoms with van der Waals surface area (Å²) in [5, 5.41) is 10.9. The third-order valence-electron chi connectivity index (χ3n) is 3.16. The van der Waals surface area contributed by atoms with Gasteiger partial charge >= 0.3 is 11.7 Å². The van der Waals surface area contributed by atoms with E-state index < -0.39 is 17.5 Å². The lowest BCUT2D eigenvalue weighted by molar-refractivity contribution is -0.385. The quantitative estimate of drug-likeness (QED) is 0.278. The summed E-state index contributed by atoms with van der Waals surface area (Å²) in [4.78, 5) is 21.9. The van der Waals surface area contributed by atoms with Crippen LogP contribution in [0.4, 0.5) is 5.69 Å². The second-order valence-corrected chi connectivity index (χ2v) is 4.99. The van der Waals surface area contributed by atoms with Gasteiger partial charge in [-0.1, -0.05) is 12.1 Å². The maximum atomic E-state index is 11.6. The van der Waals surface area contributed by atoms with Crippen molar-refractivity contribution in [1.82, 2.24) is 0 Å². The van der Waals surface area contributed by atoms with Gasteiger partial charge in [0.1, 0.15) is 24.7 Å². The molecule has 2 aromatic rings. The van der Waals surface area contributed by atoms with Gasteiger partial charge in [-0.15, -0.1) is 0 Å². The number of nitrogens with zero attached hydrogens (tertiary/aromatic N) is 1. The van der Waals surface area contributed by atoms with E-state index in [1.807, 2.05) is 6.92 Å². The van der Waals surface area contributed by atoms with E-state index in [-0.39, 0.29) is 24.7 Å². The second kappa shape index (κ2) is 9.87. The molecule has 2 aromatic carbocycles. The maximum Gasteiger partial charge on any atom is 0.344 e. The first kappa shape index (κ1) is 19.0. The summed E-state index contributed by atoms with van der Waals surface area (Å²) in [6.45, 7) is 2.27. The summed E-state index contributed by atoms with van der Waals surface area (Å²) in [6.07, 6.45) is 0. The minimum Gasteiger partial charge on any atom is -0.494 e. The molecule has 0 radical (unpaired) electrons. The predicted molar refractivity (Wildman–Crippen MR) is 92.7 cm³/mol. The Bertz CT molecular complexity index is 731. The molecule has 0 aliphatic rings. The van der Waals surface area contributed by atoms with Crippen LogP contribution in [-0.2, 0) is 9.53 Å². The molecule has 0 atom stereocenters. The first-order valence-corrected chi connectivity index (χ1v) is 7.97. The highest BCUT2D eigenvalue weighted by Gasteiger charge is 2.15. The number of hydrogen-bond donors (Lipinski definition) is 0. The number of rotatable bonds is 10. The molecule has 8 heteroatoms. The summed E-state index contributed by atoms with van der Waals surface area (Å²) in [5.41, 5.74) is -0.209. The van der Waals surface area contributed by atoms with E-state index in [1.165, 1.54) is 18.2 Å². The average molecular weight is 361 g/mol. The molecule has 26 heavy (non-hydrogen) atoms. The molecule has 0 spiro atoms. The van der Waals surface area contributed by atoms with Gasteiger partial charge in [-0.2, -0.15) is 0 Å². The Hall–Kier alpha value is -3.29. The summed E-state index contributed by atoms with van der Waals surface area (Å²) in [6, 6.07) is 12.9. The van der Waals surface area contributed by atoms with Crippen molar-refractivity contribution in [2.24, 2.45) is 0 Å². The van der Waals surface area contributed by atoms with E-state index in [2.05, 4.69) is 0 Å². The number of hydrogen-bond acceptors (Lipinski definition) is 7. The van der Waals surface area contributed by atoms with E-state index in [0.29, 0.717) is 12.4 Å². The first-order chi connectivity index (χ1) is 12.6. The summed E-state index contributed by atoms with van der Waals surface area (Å²) < 4.78 is 20.9. The zero-order valence-electron chi connectivity index (χ0n) is 14.3. The van der Waals surface area contributed by atoms with Gasteiger partial charge in [0, 0.05) is 6.07 Å². The largest absolute Gasteiger partial charge is 0.494 e. The van der Waals surface area contributed by atoms with Crippen LogP contribution in [0, 0.1) is 10.1 Å². The van der Waals surface area contributed by atoms with Crippen LogP contribution >= 0.6 is 0 Å². The second-order valence-electron chi connectivity index (χ2n) is 4.99.